The first-order valence-electron chi connectivity index (χ1n) is 8.28. The normalized spacial score (nSPS) is 11.6. The zero-order valence-electron chi connectivity index (χ0n) is 15.4. The van der Waals surface area contributed by atoms with Gasteiger partial charge in [-0.25, -0.2) is 9.97 Å². The first kappa shape index (κ1) is 23.3. The van der Waals surface area contributed by atoms with Gasteiger partial charge in [0.2, 0.25) is 0 Å². The Morgan fingerprint density at radius 1 is 1.12 bits per heavy atom. The number of nitriles is 2. The Morgan fingerprint density at radius 3 is 2.38 bits per heavy atom. The summed E-state index contributed by atoms with van der Waals surface area (Å²) in [4.78, 5) is 8.03. The molecule has 0 aliphatic carbocycles. The maximum absolute atomic E-state index is 12.5. The van der Waals surface area contributed by atoms with Crippen molar-refractivity contribution in [2.24, 2.45) is 0 Å². The predicted molar refractivity (Wildman–Crippen MR) is 106 cm³/mol. The van der Waals surface area contributed by atoms with Crippen molar-refractivity contribution in [3.63, 3.8) is 0 Å². The number of rotatable bonds is 5. The zero-order valence-corrected chi connectivity index (χ0v) is 17.8. The van der Waals surface area contributed by atoms with Crippen LogP contribution < -0.4 is 4.18 Å². The van der Waals surface area contributed by atoms with Crippen LogP contribution in [0.2, 0.25) is 10.2 Å². The van der Waals surface area contributed by atoms with Gasteiger partial charge in [-0.05, 0) is 23.8 Å². The first-order chi connectivity index (χ1) is 15.0. The van der Waals surface area contributed by atoms with Crippen LogP contribution >= 0.6 is 23.2 Å². The van der Waals surface area contributed by atoms with Crippen LogP contribution in [-0.4, -0.2) is 28.5 Å². The lowest BCUT2D eigenvalue weighted by molar-refractivity contribution is -0.0500. The van der Waals surface area contributed by atoms with Gasteiger partial charge in [-0.1, -0.05) is 29.3 Å². The summed E-state index contributed by atoms with van der Waals surface area (Å²) in [5, 5.41) is 18.8. The summed E-state index contributed by atoms with van der Waals surface area (Å²) in [6.45, 7) is 0.0358. The van der Waals surface area contributed by atoms with Crippen LogP contribution in [0.4, 0.5) is 13.2 Å². The lowest BCUT2D eigenvalue weighted by Crippen LogP contribution is -2.28. The Hall–Kier alpha value is -3.32. The van der Waals surface area contributed by atoms with E-state index in [2.05, 4.69) is 14.2 Å². The van der Waals surface area contributed by atoms with Crippen molar-refractivity contribution in [2.45, 2.75) is 12.1 Å². The second-order valence-corrected chi connectivity index (χ2v) is 8.39. The van der Waals surface area contributed by atoms with Gasteiger partial charge in [0.05, 0.1) is 11.6 Å². The third-order valence-corrected chi connectivity index (χ3v) is 5.49. The summed E-state index contributed by atoms with van der Waals surface area (Å²) in [5.74, 6) is -0.639. The molecule has 164 valence electrons. The van der Waals surface area contributed by atoms with E-state index in [-0.39, 0.29) is 39.5 Å². The van der Waals surface area contributed by atoms with Crippen LogP contribution in [0.25, 0.3) is 11.4 Å². The Balaban J connectivity index is 2.08. The Bertz CT molecular complexity index is 1380. The molecule has 0 fully saturated rings. The number of aromatic nitrogens is 3. The summed E-state index contributed by atoms with van der Waals surface area (Å²) >= 11 is 11.9. The molecule has 0 saturated carbocycles. The molecule has 3 rings (SSSR count). The van der Waals surface area contributed by atoms with Crippen molar-refractivity contribution >= 4 is 33.3 Å². The number of hydrogen-bond donors (Lipinski definition) is 0. The van der Waals surface area contributed by atoms with E-state index < -0.39 is 21.4 Å². The molecule has 0 unspecified atom stereocenters. The summed E-state index contributed by atoms with van der Waals surface area (Å²) < 4.78 is 65.4. The maximum Gasteiger partial charge on any atom is 0.534 e. The van der Waals surface area contributed by atoms with Gasteiger partial charge in [-0.15, -0.1) is 0 Å². The number of pyridine rings is 1. The first-order valence-corrected chi connectivity index (χ1v) is 10.4. The fraction of sp³-hybridized carbons (Fsp3) is 0.111. The molecular formula is C18H8Cl2F3N5O3S. The molecule has 0 atom stereocenters. The van der Waals surface area contributed by atoms with Crippen molar-refractivity contribution in [1.82, 2.24) is 14.5 Å². The molecule has 1 aromatic carbocycles. The zero-order chi connectivity index (χ0) is 23.7. The highest BCUT2D eigenvalue weighted by Gasteiger charge is 2.48. The average molecular weight is 502 g/mol. The summed E-state index contributed by atoms with van der Waals surface area (Å²) in [6, 6.07) is 9.75. The van der Waals surface area contributed by atoms with E-state index >= 15 is 0 Å². The van der Waals surface area contributed by atoms with Gasteiger partial charge in [0, 0.05) is 17.8 Å². The summed E-state index contributed by atoms with van der Waals surface area (Å²) in [5.41, 5.74) is -5.21. The third kappa shape index (κ3) is 4.62. The Kier molecular flexibility index (Phi) is 6.32. The fourth-order valence-electron chi connectivity index (χ4n) is 2.59. The monoisotopic (exact) mass is 501 g/mol. The molecule has 0 bridgehead atoms. The standard InChI is InChI=1S/C18H8Cl2F3N5O3S/c19-13-5-11(31-32(29,30)18(21,22)23)2-3-12(13)17-27-14(6-24)15(7-25)28(17)9-10-1-4-16(20)26-8-10/h1-5,8H,9H2. The molecule has 14 heteroatoms. The second kappa shape index (κ2) is 8.67. The smallest absolute Gasteiger partial charge is 0.376 e. The minimum absolute atomic E-state index is 0.0358. The number of halogens is 5. The molecule has 0 amide bonds. The van der Waals surface area contributed by atoms with Crippen molar-refractivity contribution in [3.8, 4) is 29.3 Å². The molecule has 0 aliphatic heterocycles. The molecule has 3 aromatic rings. The van der Waals surface area contributed by atoms with E-state index in [4.69, 9.17) is 23.2 Å². The number of hydrogen-bond acceptors (Lipinski definition) is 7. The van der Waals surface area contributed by atoms with Gasteiger partial charge >= 0.3 is 15.6 Å². The highest BCUT2D eigenvalue weighted by atomic mass is 35.5. The topological polar surface area (TPSA) is 122 Å². The molecule has 0 saturated heterocycles. The van der Waals surface area contributed by atoms with Gasteiger partial charge in [-0.3, -0.25) is 0 Å². The molecule has 32 heavy (non-hydrogen) atoms. The Labute approximate surface area is 189 Å². The Morgan fingerprint density at radius 2 is 1.84 bits per heavy atom. The van der Waals surface area contributed by atoms with Crippen LogP contribution in [0, 0.1) is 22.7 Å². The van der Waals surface area contributed by atoms with Crippen molar-refractivity contribution in [2.75, 3.05) is 0 Å². The van der Waals surface area contributed by atoms with Gasteiger partial charge in [0.1, 0.15) is 28.9 Å². The SMILES string of the molecule is N#Cc1nc(-c2ccc(OS(=O)(=O)C(F)(F)F)cc2Cl)n(Cc2ccc(Cl)nc2)c1C#N. The minimum Gasteiger partial charge on any atom is -0.376 e. The average Bonchev–Trinajstić information content (AvgIpc) is 3.05. The van der Waals surface area contributed by atoms with Gasteiger partial charge in [0.15, 0.2) is 11.4 Å². The van der Waals surface area contributed by atoms with E-state index in [9.17, 15) is 32.1 Å². The molecular weight excluding hydrogens is 494 g/mol. The van der Waals surface area contributed by atoms with Crippen molar-refractivity contribution < 1.29 is 25.8 Å². The molecule has 2 heterocycles. The highest BCUT2D eigenvalue weighted by Crippen LogP contribution is 2.34. The van der Waals surface area contributed by atoms with Crippen molar-refractivity contribution in [3.05, 3.63) is 63.7 Å². The van der Waals surface area contributed by atoms with Gasteiger partial charge in [-0.2, -0.15) is 32.1 Å². The van der Waals surface area contributed by atoms with E-state index in [1.165, 1.54) is 16.8 Å². The molecule has 0 spiro atoms. The van der Waals surface area contributed by atoms with Gasteiger partial charge < -0.3 is 8.75 Å². The number of nitrogens with zero attached hydrogens (tertiary/aromatic N) is 5. The molecule has 0 radical (unpaired) electrons. The predicted octanol–water partition coefficient (Wildman–Crippen LogP) is 4.27. The highest BCUT2D eigenvalue weighted by molar-refractivity contribution is 7.88. The maximum atomic E-state index is 12.5. The quantitative estimate of drug-likeness (QED) is 0.290. The lowest BCUT2D eigenvalue weighted by atomic mass is 10.2. The lowest BCUT2D eigenvalue weighted by Gasteiger charge is -2.12. The minimum atomic E-state index is -5.89. The van der Waals surface area contributed by atoms with E-state index in [0.29, 0.717) is 5.56 Å². The third-order valence-electron chi connectivity index (χ3n) is 3.98. The summed E-state index contributed by atoms with van der Waals surface area (Å²) in [7, 11) is -5.89. The molecule has 0 aliphatic rings. The molecule has 2 aromatic heterocycles. The van der Waals surface area contributed by atoms with E-state index in [1.54, 1.807) is 12.1 Å². The van der Waals surface area contributed by atoms with Crippen molar-refractivity contribution in [1.29, 1.82) is 10.5 Å². The number of benzene rings is 1. The van der Waals surface area contributed by atoms with Crippen LogP contribution in [0.1, 0.15) is 17.0 Å². The van der Waals surface area contributed by atoms with Crippen LogP contribution in [-0.2, 0) is 16.7 Å². The number of alkyl halides is 3. The van der Waals surface area contributed by atoms with Gasteiger partial charge in [0.25, 0.3) is 0 Å². The van der Waals surface area contributed by atoms with Crippen LogP contribution in [0.15, 0.2) is 36.5 Å². The largest absolute Gasteiger partial charge is 0.534 e. The fourth-order valence-corrected chi connectivity index (χ4v) is 3.41. The van der Waals surface area contributed by atoms with E-state index in [0.717, 1.165) is 18.2 Å². The van der Waals surface area contributed by atoms with E-state index in [1.807, 2.05) is 6.07 Å². The summed E-state index contributed by atoms with van der Waals surface area (Å²) in [6.07, 6.45) is 1.44. The van der Waals surface area contributed by atoms with Crippen LogP contribution in [0.3, 0.4) is 0 Å². The molecule has 8 nitrogen and oxygen atoms in total. The number of imidazole rings is 1. The van der Waals surface area contributed by atoms with Crippen LogP contribution in [0.5, 0.6) is 5.75 Å². The second-order valence-electron chi connectivity index (χ2n) is 6.06. The molecule has 0 N–H and O–H groups in total.